The summed E-state index contributed by atoms with van der Waals surface area (Å²) in [6, 6.07) is 13.2. The van der Waals surface area contributed by atoms with E-state index in [-0.39, 0.29) is 35.0 Å². The standard InChI is InChI=1S/C23H25N3O3/c1-23(2,3)12-19(27)24-13-15-11-18(24)20-21(28)26(22(29)25(15)20)17-10-6-8-14-7-4-5-9-16(14)17/h4-10,15,18,28H,11-13H2,1-3H3/t15-,18-/m0/s1. The van der Waals surface area contributed by atoms with Crippen molar-refractivity contribution in [3.8, 4) is 11.6 Å². The molecule has 3 aromatic rings. The molecule has 0 spiro atoms. The summed E-state index contributed by atoms with van der Waals surface area (Å²) >= 11 is 0. The molecule has 6 nitrogen and oxygen atoms in total. The van der Waals surface area contributed by atoms with Gasteiger partial charge < -0.3 is 10.0 Å². The van der Waals surface area contributed by atoms with Crippen molar-refractivity contribution in [3.63, 3.8) is 0 Å². The highest BCUT2D eigenvalue weighted by Gasteiger charge is 2.49. The second kappa shape index (κ2) is 5.99. The molecule has 1 fully saturated rings. The molecule has 2 aromatic carbocycles. The van der Waals surface area contributed by atoms with Crippen LogP contribution in [0.3, 0.4) is 0 Å². The maximum Gasteiger partial charge on any atom is 0.336 e. The molecule has 29 heavy (non-hydrogen) atoms. The number of nitrogens with zero attached hydrogens (tertiary/aromatic N) is 3. The number of amides is 1. The molecule has 1 saturated heterocycles. The van der Waals surface area contributed by atoms with Crippen LogP contribution in [0.25, 0.3) is 16.5 Å². The third-order valence-electron chi connectivity index (χ3n) is 6.07. The van der Waals surface area contributed by atoms with Crippen molar-refractivity contribution in [2.75, 3.05) is 6.54 Å². The minimum absolute atomic E-state index is 0.0490. The first kappa shape index (κ1) is 18.0. The summed E-state index contributed by atoms with van der Waals surface area (Å²) in [6.07, 6.45) is 1.15. The fraction of sp³-hybridized carbons (Fsp3) is 0.391. The summed E-state index contributed by atoms with van der Waals surface area (Å²) in [5.74, 6) is 0.0353. The lowest BCUT2D eigenvalue weighted by atomic mass is 9.91. The minimum Gasteiger partial charge on any atom is -0.493 e. The summed E-state index contributed by atoms with van der Waals surface area (Å²) in [7, 11) is 0. The van der Waals surface area contributed by atoms with Crippen LogP contribution in [0.5, 0.6) is 5.88 Å². The lowest BCUT2D eigenvalue weighted by Crippen LogP contribution is -2.39. The number of carbonyl (C=O) groups is 1. The zero-order chi connectivity index (χ0) is 20.5. The Morgan fingerprint density at radius 2 is 1.86 bits per heavy atom. The molecule has 2 atom stereocenters. The smallest absolute Gasteiger partial charge is 0.336 e. The van der Waals surface area contributed by atoms with Crippen molar-refractivity contribution in [2.24, 2.45) is 5.41 Å². The second-order valence-electron chi connectivity index (χ2n) is 9.38. The summed E-state index contributed by atoms with van der Waals surface area (Å²) in [5.41, 5.74) is 0.903. The molecular formula is C23H25N3O3. The van der Waals surface area contributed by atoms with E-state index in [9.17, 15) is 14.7 Å². The van der Waals surface area contributed by atoms with Gasteiger partial charge in [0.15, 0.2) is 0 Å². The van der Waals surface area contributed by atoms with Gasteiger partial charge in [0, 0.05) is 18.4 Å². The molecule has 3 heterocycles. The van der Waals surface area contributed by atoms with E-state index in [0.29, 0.717) is 30.8 Å². The Morgan fingerprint density at radius 1 is 1.14 bits per heavy atom. The van der Waals surface area contributed by atoms with Crippen LogP contribution < -0.4 is 5.69 Å². The second-order valence-corrected chi connectivity index (χ2v) is 9.38. The van der Waals surface area contributed by atoms with E-state index < -0.39 is 0 Å². The number of benzene rings is 2. The van der Waals surface area contributed by atoms with Crippen LogP contribution >= 0.6 is 0 Å². The SMILES string of the molecule is CC(C)(C)CC(=O)N1C[C@@H]2C[C@H]1c1c(O)n(-c3cccc4ccccc34)c(=O)n12. The zero-order valence-electron chi connectivity index (χ0n) is 16.9. The average Bonchev–Trinajstić information content (AvgIpc) is 3.32. The molecule has 2 aliphatic rings. The van der Waals surface area contributed by atoms with Gasteiger partial charge in [-0.3, -0.25) is 9.36 Å². The van der Waals surface area contributed by atoms with E-state index in [4.69, 9.17) is 0 Å². The van der Waals surface area contributed by atoms with E-state index in [1.807, 2.05) is 68.1 Å². The molecule has 0 unspecified atom stereocenters. The maximum absolute atomic E-state index is 13.3. The number of aromatic hydroxyl groups is 1. The van der Waals surface area contributed by atoms with Gasteiger partial charge in [-0.25, -0.2) is 9.36 Å². The molecule has 1 amide bonds. The number of rotatable bonds is 2. The highest BCUT2D eigenvalue weighted by molar-refractivity contribution is 5.90. The third kappa shape index (κ3) is 2.62. The van der Waals surface area contributed by atoms with Gasteiger partial charge in [0.2, 0.25) is 11.8 Å². The number of fused-ring (bicyclic) bond motifs is 6. The first-order valence-corrected chi connectivity index (χ1v) is 10.1. The molecule has 2 bridgehead atoms. The molecule has 0 radical (unpaired) electrons. The maximum atomic E-state index is 13.3. The fourth-order valence-electron chi connectivity index (χ4n) is 4.90. The van der Waals surface area contributed by atoms with E-state index in [2.05, 4.69) is 0 Å². The number of imidazole rings is 1. The fourth-order valence-corrected chi connectivity index (χ4v) is 4.90. The van der Waals surface area contributed by atoms with Gasteiger partial charge in [0.1, 0.15) is 5.69 Å². The predicted octanol–water partition coefficient (Wildman–Crippen LogP) is 3.76. The lowest BCUT2D eigenvalue weighted by molar-refractivity contribution is -0.134. The van der Waals surface area contributed by atoms with Crippen LogP contribution in [-0.4, -0.2) is 31.6 Å². The Hall–Kier alpha value is -3.02. The van der Waals surface area contributed by atoms with Crippen molar-refractivity contribution in [3.05, 3.63) is 58.6 Å². The van der Waals surface area contributed by atoms with Crippen molar-refractivity contribution in [1.29, 1.82) is 0 Å². The van der Waals surface area contributed by atoms with Crippen LogP contribution in [0.1, 0.15) is 51.4 Å². The number of carbonyl (C=O) groups excluding carboxylic acids is 1. The molecule has 1 aromatic heterocycles. The average molecular weight is 391 g/mol. The molecule has 0 saturated carbocycles. The highest BCUT2D eigenvalue weighted by Crippen LogP contribution is 2.49. The Morgan fingerprint density at radius 3 is 2.62 bits per heavy atom. The summed E-state index contributed by atoms with van der Waals surface area (Å²) in [4.78, 5) is 28.0. The number of likely N-dealkylation sites (tertiary alicyclic amines) is 1. The van der Waals surface area contributed by atoms with E-state index in [0.717, 1.165) is 10.8 Å². The first-order chi connectivity index (χ1) is 13.8. The van der Waals surface area contributed by atoms with Crippen LogP contribution in [-0.2, 0) is 4.79 Å². The van der Waals surface area contributed by atoms with Gasteiger partial charge >= 0.3 is 5.69 Å². The molecular weight excluding hydrogens is 366 g/mol. The number of hydrogen-bond donors (Lipinski definition) is 1. The van der Waals surface area contributed by atoms with Gasteiger partial charge in [-0.2, -0.15) is 0 Å². The number of aromatic nitrogens is 2. The normalized spacial score (nSPS) is 20.4. The largest absolute Gasteiger partial charge is 0.493 e. The molecule has 5 rings (SSSR count). The van der Waals surface area contributed by atoms with Gasteiger partial charge in [0.05, 0.1) is 17.8 Å². The van der Waals surface area contributed by atoms with E-state index in [1.165, 1.54) is 4.57 Å². The molecule has 6 heteroatoms. The van der Waals surface area contributed by atoms with E-state index in [1.54, 1.807) is 4.57 Å². The number of hydrogen-bond acceptors (Lipinski definition) is 3. The summed E-state index contributed by atoms with van der Waals surface area (Å²) in [6.45, 7) is 6.67. The van der Waals surface area contributed by atoms with E-state index >= 15 is 0 Å². The van der Waals surface area contributed by atoms with Gasteiger partial charge in [-0.15, -0.1) is 0 Å². The molecule has 0 aliphatic carbocycles. The highest BCUT2D eigenvalue weighted by atomic mass is 16.3. The van der Waals surface area contributed by atoms with Gasteiger partial charge in [-0.1, -0.05) is 57.2 Å². The Labute approximate surface area is 169 Å². The Balaban J connectivity index is 1.62. The van der Waals surface area contributed by atoms with Crippen molar-refractivity contribution in [1.82, 2.24) is 14.0 Å². The zero-order valence-corrected chi connectivity index (χ0v) is 16.9. The van der Waals surface area contributed by atoms with Crippen molar-refractivity contribution in [2.45, 2.75) is 45.7 Å². The summed E-state index contributed by atoms with van der Waals surface area (Å²) < 4.78 is 3.09. The molecule has 2 aliphatic heterocycles. The lowest BCUT2D eigenvalue weighted by Gasteiger charge is -2.30. The minimum atomic E-state index is -0.237. The van der Waals surface area contributed by atoms with Crippen molar-refractivity contribution < 1.29 is 9.90 Å². The van der Waals surface area contributed by atoms with Crippen LogP contribution in [0, 0.1) is 5.41 Å². The molecule has 150 valence electrons. The van der Waals surface area contributed by atoms with Crippen LogP contribution in [0.15, 0.2) is 47.3 Å². The van der Waals surface area contributed by atoms with Crippen molar-refractivity contribution >= 4 is 16.7 Å². The third-order valence-corrected chi connectivity index (χ3v) is 6.07. The quantitative estimate of drug-likeness (QED) is 0.723. The van der Waals surface area contributed by atoms with Crippen LogP contribution in [0.2, 0.25) is 0 Å². The Bertz CT molecular complexity index is 1190. The topological polar surface area (TPSA) is 67.5 Å². The Kier molecular flexibility index (Phi) is 3.72. The summed E-state index contributed by atoms with van der Waals surface area (Å²) in [5, 5.41) is 13.0. The van der Waals surface area contributed by atoms with Gasteiger partial charge in [0.25, 0.3) is 0 Å². The first-order valence-electron chi connectivity index (χ1n) is 10.1. The van der Waals surface area contributed by atoms with Gasteiger partial charge in [-0.05, 0) is 23.3 Å². The molecule has 1 N–H and O–H groups in total. The monoisotopic (exact) mass is 391 g/mol. The predicted molar refractivity (Wildman–Crippen MR) is 111 cm³/mol. The van der Waals surface area contributed by atoms with Crippen LogP contribution in [0.4, 0.5) is 0 Å².